The van der Waals surface area contributed by atoms with Gasteiger partial charge in [0.05, 0.1) is 16.6 Å². The quantitative estimate of drug-likeness (QED) is 0.295. The molecule has 4 rings (SSSR count). The topological polar surface area (TPSA) is 96.9 Å². The molecule has 1 fully saturated rings. The van der Waals surface area contributed by atoms with Gasteiger partial charge in [0.1, 0.15) is 27.2 Å². The smallest absolute Gasteiger partial charge is 0.293 e. The van der Waals surface area contributed by atoms with Crippen molar-refractivity contribution in [3.63, 3.8) is 0 Å². The van der Waals surface area contributed by atoms with Crippen LogP contribution in [0.3, 0.4) is 0 Å². The first-order valence-electron chi connectivity index (χ1n) is 11.2. The molecule has 35 heavy (non-hydrogen) atoms. The molecule has 3 aromatic rings. The van der Waals surface area contributed by atoms with Gasteiger partial charge in [0.15, 0.2) is 5.82 Å². The molecule has 1 aliphatic heterocycles. The zero-order chi connectivity index (χ0) is 26.3. The lowest BCUT2D eigenvalue weighted by Crippen LogP contribution is -2.31. The maximum absolute atomic E-state index is 14.9. The summed E-state index contributed by atoms with van der Waals surface area (Å²) in [6.45, 7) is 11.3. The SMILES string of the molecule is CC#N.CC(C)(C)OC=O.CSc1nc2c(F)c(Br)c(C)cc2c2c1nnn2C1CCN(C)CC1. The van der Waals surface area contributed by atoms with Gasteiger partial charge >= 0.3 is 0 Å². The Morgan fingerprint density at radius 2 is 1.91 bits per heavy atom. The fraction of sp³-hybridized carbons (Fsp3) is 0.542. The van der Waals surface area contributed by atoms with Crippen LogP contribution in [0.5, 0.6) is 0 Å². The Morgan fingerprint density at radius 1 is 1.31 bits per heavy atom. The van der Waals surface area contributed by atoms with E-state index in [0.29, 0.717) is 16.5 Å². The van der Waals surface area contributed by atoms with Gasteiger partial charge in [0.2, 0.25) is 0 Å². The average Bonchev–Trinajstić information content (AvgIpc) is 3.23. The molecule has 0 saturated carbocycles. The lowest BCUT2D eigenvalue weighted by Gasteiger charge is -2.29. The maximum Gasteiger partial charge on any atom is 0.293 e. The molecule has 0 N–H and O–H groups in total. The highest BCUT2D eigenvalue weighted by Crippen LogP contribution is 2.36. The van der Waals surface area contributed by atoms with Crippen LogP contribution < -0.4 is 0 Å². The number of piperidine rings is 1. The van der Waals surface area contributed by atoms with Crippen LogP contribution in [-0.2, 0) is 9.53 Å². The fourth-order valence-electron chi connectivity index (χ4n) is 3.66. The zero-order valence-corrected chi connectivity index (χ0v) is 23.6. The van der Waals surface area contributed by atoms with Crippen LogP contribution in [0.4, 0.5) is 4.39 Å². The average molecular weight is 568 g/mol. The Kier molecular flexibility index (Phi) is 10.4. The number of halogens is 2. The number of nitrogens with zero attached hydrogens (tertiary/aromatic N) is 6. The van der Waals surface area contributed by atoms with Crippen molar-refractivity contribution in [1.82, 2.24) is 24.9 Å². The minimum atomic E-state index is -0.318. The summed E-state index contributed by atoms with van der Waals surface area (Å²) in [4.78, 5) is 16.4. The number of fused-ring (bicyclic) bond motifs is 3. The van der Waals surface area contributed by atoms with E-state index in [1.807, 2.05) is 44.7 Å². The molecule has 0 unspecified atom stereocenters. The van der Waals surface area contributed by atoms with Crippen LogP contribution in [-0.4, -0.2) is 63.3 Å². The molecule has 3 heterocycles. The summed E-state index contributed by atoms with van der Waals surface area (Å²) in [5.74, 6) is -0.316. The Labute approximate surface area is 218 Å². The number of likely N-dealkylation sites (tertiary alicyclic amines) is 1. The molecule has 11 heteroatoms. The zero-order valence-electron chi connectivity index (χ0n) is 21.2. The first-order chi connectivity index (χ1) is 16.5. The molecule has 8 nitrogen and oxygen atoms in total. The van der Waals surface area contributed by atoms with Gasteiger partial charge in [-0.3, -0.25) is 4.79 Å². The predicted octanol–water partition coefficient (Wildman–Crippen LogP) is 5.67. The highest BCUT2D eigenvalue weighted by molar-refractivity contribution is 9.10. The summed E-state index contributed by atoms with van der Waals surface area (Å²) in [7, 11) is 2.14. The molecular formula is C24H32BrFN6O2S. The van der Waals surface area contributed by atoms with Gasteiger partial charge in [-0.25, -0.2) is 14.1 Å². The molecule has 0 radical (unpaired) electrons. The number of aryl methyl sites for hydroxylation is 1. The van der Waals surface area contributed by atoms with E-state index in [0.717, 1.165) is 52.9 Å². The molecule has 2 aromatic heterocycles. The monoisotopic (exact) mass is 566 g/mol. The first-order valence-corrected chi connectivity index (χ1v) is 13.2. The van der Waals surface area contributed by atoms with E-state index in [-0.39, 0.29) is 17.5 Å². The number of pyridine rings is 1. The summed E-state index contributed by atoms with van der Waals surface area (Å²) in [5.41, 5.74) is 2.58. The number of benzene rings is 1. The number of aromatic nitrogens is 4. The summed E-state index contributed by atoms with van der Waals surface area (Å²) < 4.78 is 21.9. The van der Waals surface area contributed by atoms with Crippen molar-refractivity contribution < 1.29 is 13.9 Å². The Bertz CT molecular complexity index is 1210. The molecule has 0 atom stereocenters. The molecule has 1 aliphatic rings. The molecule has 1 aromatic carbocycles. The van der Waals surface area contributed by atoms with Crippen molar-refractivity contribution in [2.75, 3.05) is 26.4 Å². The molecule has 1 saturated heterocycles. The molecular weight excluding hydrogens is 535 g/mol. The Morgan fingerprint density at radius 3 is 2.40 bits per heavy atom. The minimum absolute atomic E-state index is 0.286. The van der Waals surface area contributed by atoms with Crippen molar-refractivity contribution in [2.24, 2.45) is 0 Å². The standard InChI is InChI=1S/C17H19BrFN5S.C5H10O2.C2H3N/c1-9-8-11-14(13(19)12(9)18)20-17(25-3)15-16(11)24(22-21-15)10-4-6-23(2)7-5-10;1-5(2,3)7-4-6;1-2-3/h8,10H,4-7H2,1-3H3;4H,1-3H3;1H3. The van der Waals surface area contributed by atoms with Crippen LogP contribution in [0, 0.1) is 24.1 Å². The van der Waals surface area contributed by atoms with E-state index in [1.165, 1.54) is 18.7 Å². The number of thioether (sulfide) groups is 1. The normalized spacial score (nSPS) is 14.5. The number of ether oxygens (including phenoxy) is 1. The van der Waals surface area contributed by atoms with E-state index in [4.69, 9.17) is 5.26 Å². The third-order valence-electron chi connectivity index (χ3n) is 5.36. The Hall–Kier alpha value is -2.29. The van der Waals surface area contributed by atoms with Crippen LogP contribution in [0.15, 0.2) is 15.6 Å². The number of carbonyl (C=O) groups excluding carboxylic acids is 1. The third kappa shape index (κ3) is 7.12. The molecule has 0 spiro atoms. The largest absolute Gasteiger partial charge is 0.462 e. The van der Waals surface area contributed by atoms with Gasteiger partial charge in [-0.2, -0.15) is 5.26 Å². The lowest BCUT2D eigenvalue weighted by atomic mass is 10.0. The second-order valence-electron chi connectivity index (χ2n) is 9.15. The van der Waals surface area contributed by atoms with Gasteiger partial charge < -0.3 is 9.64 Å². The number of carbonyl (C=O) groups is 1. The van der Waals surface area contributed by atoms with Gasteiger partial charge in [-0.05, 0) is 94.5 Å². The van der Waals surface area contributed by atoms with E-state index in [2.05, 4.69) is 47.9 Å². The van der Waals surface area contributed by atoms with Crippen molar-refractivity contribution in [3.05, 3.63) is 21.9 Å². The van der Waals surface area contributed by atoms with E-state index >= 15 is 0 Å². The van der Waals surface area contributed by atoms with E-state index < -0.39 is 0 Å². The van der Waals surface area contributed by atoms with Crippen LogP contribution in [0.25, 0.3) is 21.9 Å². The van der Waals surface area contributed by atoms with Crippen molar-refractivity contribution in [3.8, 4) is 6.07 Å². The van der Waals surface area contributed by atoms with Gasteiger partial charge in [-0.1, -0.05) is 5.21 Å². The lowest BCUT2D eigenvalue weighted by molar-refractivity contribution is -0.138. The summed E-state index contributed by atoms with van der Waals surface area (Å²) in [6, 6.07) is 4.02. The summed E-state index contributed by atoms with van der Waals surface area (Å²) in [5, 5.41) is 17.7. The highest BCUT2D eigenvalue weighted by Gasteiger charge is 2.25. The molecule has 0 bridgehead atoms. The first kappa shape index (κ1) is 28.9. The number of nitriles is 1. The van der Waals surface area contributed by atoms with Crippen LogP contribution >= 0.6 is 27.7 Å². The Balaban J connectivity index is 0.000000369. The van der Waals surface area contributed by atoms with Crippen molar-refractivity contribution in [2.45, 2.75) is 64.1 Å². The number of rotatable bonds is 3. The second-order valence-corrected chi connectivity index (χ2v) is 10.7. The van der Waals surface area contributed by atoms with Crippen LogP contribution in [0.2, 0.25) is 0 Å². The fourth-order valence-corrected chi connectivity index (χ4v) is 4.47. The third-order valence-corrected chi connectivity index (χ3v) is 7.00. The van der Waals surface area contributed by atoms with Gasteiger partial charge in [0.25, 0.3) is 6.47 Å². The highest BCUT2D eigenvalue weighted by atomic mass is 79.9. The summed E-state index contributed by atoms with van der Waals surface area (Å²) in [6.07, 6.45) is 3.97. The van der Waals surface area contributed by atoms with E-state index in [9.17, 15) is 9.18 Å². The molecule has 190 valence electrons. The van der Waals surface area contributed by atoms with Crippen molar-refractivity contribution in [1.29, 1.82) is 5.26 Å². The number of hydrogen-bond acceptors (Lipinski definition) is 8. The molecule has 0 aliphatic carbocycles. The maximum atomic E-state index is 14.9. The van der Waals surface area contributed by atoms with Gasteiger partial charge in [0, 0.05) is 12.3 Å². The second kappa shape index (κ2) is 12.6. The van der Waals surface area contributed by atoms with Gasteiger partial charge in [-0.15, -0.1) is 16.9 Å². The van der Waals surface area contributed by atoms with Crippen LogP contribution in [0.1, 0.15) is 52.1 Å². The minimum Gasteiger partial charge on any atom is -0.462 e. The summed E-state index contributed by atoms with van der Waals surface area (Å²) >= 11 is 4.81. The number of hydrogen-bond donors (Lipinski definition) is 0. The van der Waals surface area contributed by atoms with E-state index in [1.54, 1.807) is 6.07 Å². The van der Waals surface area contributed by atoms with Crippen molar-refractivity contribution >= 4 is 56.1 Å². The molecule has 0 amide bonds. The predicted molar refractivity (Wildman–Crippen MR) is 141 cm³/mol.